The molecule has 0 saturated carbocycles. The van der Waals surface area contributed by atoms with E-state index in [4.69, 9.17) is 22.1 Å². The summed E-state index contributed by atoms with van der Waals surface area (Å²) >= 11 is 5.93. The van der Waals surface area contributed by atoms with Gasteiger partial charge in [-0.3, -0.25) is 4.21 Å². The standard InChI is InChI=1S/C10H14ClNO2S/c1-14-6-3-7-15(13)10-8(11)4-2-5-9(10)12/h2,4-5H,3,6-7,12H2,1H3. The summed E-state index contributed by atoms with van der Waals surface area (Å²) in [4.78, 5) is 0.537. The molecule has 15 heavy (non-hydrogen) atoms. The van der Waals surface area contributed by atoms with E-state index in [0.717, 1.165) is 6.42 Å². The lowest BCUT2D eigenvalue weighted by molar-refractivity contribution is 0.200. The van der Waals surface area contributed by atoms with Gasteiger partial charge in [0, 0.05) is 25.2 Å². The van der Waals surface area contributed by atoms with E-state index >= 15 is 0 Å². The highest BCUT2D eigenvalue weighted by Crippen LogP contribution is 2.25. The van der Waals surface area contributed by atoms with E-state index in [0.29, 0.717) is 28.0 Å². The quantitative estimate of drug-likeness (QED) is 0.640. The number of rotatable bonds is 5. The van der Waals surface area contributed by atoms with Gasteiger partial charge >= 0.3 is 0 Å². The first-order valence-corrected chi connectivity index (χ1v) is 6.27. The first kappa shape index (κ1) is 12.5. The van der Waals surface area contributed by atoms with Crippen LogP contribution in [-0.2, 0) is 15.5 Å². The summed E-state index contributed by atoms with van der Waals surface area (Å²) in [6.07, 6.45) is 0.730. The van der Waals surface area contributed by atoms with Gasteiger partial charge in [-0.15, -0.1) is 0 Å². The fourth-order valence-corrected chi connectivity index (χ4v) is 2.84. The van der Waals surface area contributed by atoms with Crippen LogP contribution in [0.1, 0.15) is 6.42 Å². The molecule has 0 radical (unpaired) electrons. The minimum absolute atomic E-state index is 0.464. The number of benzene rings is 1. The van der Waals surface area contributed by atoms with Crippen molar-refractivity contribution in [3.05, 3.63) is 23.2 Å². The summed E-state index contributed by atoms with van der Waals surface area (Å²) in [5.41, 5.74) is 6.20. The molecule has 3 nitrogen and oxygen atoms in total. The molecule has 0 aliphatic heterocycles. The van der Waals surface area contributed by atoms with Gasteiger partial charge in [0.25, 0.3) is 0 Å². The molecule has 1 aromatic carbocycles. The fourth-order valence-electron chi connectivity index (χ4n) is 1.20. The molecule has 1 rings (SSSR count). The largest absolute Gasteiger partial charge is 0.398 e. The van der Waals surface area contributed by atoms with Crippen molar-refractivity contribution < 1.29 is 8.95 Å². The van der Waals surface area contributed by atoms with Gasteiger partial charge in [-0.2, -0.15) is 0 Å². The highest BCUT2D eigenvalue weighted by atomic mass is 35.5. The number of ether oxygens (including phenoxy) is 1. The SMILES string of the molecule is COCCCS(=O)c1c(N)cccc1Cl. The summed E-state index contributed by atoms with van der Waals surface area (Å²) in [5, 5.41) is 0.464. The molecule has 0 heterocycles. The van der Waals surface area contributed by atoms with Gasteiger partial charge in [0.1, 0.15) is 0 Å². The molecule has 0 saturated heterocycles. The highest BCUT2D eigenvalue weighted by molar-refractivity contribution is 7.85. The van der Waals surface area contributed by atoms with Crippen molar-refractivity contribution in [3.63, 3.8) is 0 Å². The van der Waals surface area contributed by atoms with Crippen molar-refractivity contribution in [2.24, 2.45) is 0 Å². The van der Waals surface area contributed by atoms with E-state index in [1.54, 1.807) is 25.3 Å². The van der Waals surface area contributed by atoms with Crippen LogP contribution in [0.4, 0.5) is 5.69 Å². The lowest BCUT2D eigenvalue weighted by Gasteiger charge is -2.07. The Morgan fingerprint density at radius 2 is 2.27 bits per heavy atom. The molecule has 0 bridgehead atoms. The number of halogens is 1. The van der Waals surface area contributed by atoms with Gasteiger partial charge in [0.2, 0.25) is 0 Å². The summed E-state index contributed by atoms with van der Waals surface area (Å²) in [6.45, 7) is 0.593. The Hall–Kier alpha value is -0.580. The van der Waals surface area contributed by atoms with Crippen molar-refractivity contribution in [1.29, 1.82) is 0 Å². The van der Waals surface area contributed by atoms with E-state index < -0.39 is 10.8 Å². The zero-order chi connectivity index (χ0) is 11.3. The Labute approximate surface area is 97.0 Å². The number of nitrogens with two attached hydrogens (primary N) is 1. The lowest BCUT2D eigenvalue weighted by Crippen LogP contribution is -2.05. The molecular weight excluding hydrogens is 234 g/mol. The van der Waals surface area contributed by atoms with Crippen molar-refractivity contribution in [2.45, 2.75) is 11.3 Å². The highest BCUT2D eigenvalue weighted by Gasteiger charge is 2.11. The molecular formula is C10H14ClNO2S. The molecule has 0 amide bonds. The van der Waals surface area contributed by atoms with Crippen LogP contribution in [-0.4, -0.2) is 23.7 Å². The van der Waals surface area contributed by atoms with Crippen LogP contribution in [0.15, 0.2) is 23.1 Å². The monoisotopic (exact) mass is 247 g/mol. The molecule has 0 spiro atoms. The molecule has 0 fully saturated rings. The van der Waals surface area contributed by atoms with Crippen molar-refractivity contribution >= 4 is 28.1 Å². The van der Waals surface area contributed by atoms with Crippen LogP contribution in [0, 0.1) is 0 Å². The maximum atomic E-state index is 11.9. The normalized spacial score (nSPS) is 12.7. The summed E-state index contributed by atoms with van der Waals surface area (Å²) < 4.78 is 16.7. The molecule has 0 aromatic heterocycles. The van der Waals surface area contributed by atoms with E-state index in [1.807, 2.05) is 0 Å². The molecule has 2 N–H and O–H groups in total. The van der Waals surface area contributed by atoms with Crippen LogP contribution in [0.2, 0.25) is 5.02 Å². The fraction of sp³-hybridized carbons (Fsp3) is 0.400. The zero-order valence-corrected chi connectivity index (χ0v) is 10.1. The third kappa shape index (κ3) is 3.48. The van der Waals surface area contributed by atoms with E-state index in [2.05, 4.69) is 0 Å². The van der Waals surface area contributed by atoms with E-state index in [1.165, 1.54) is 0 Å². The first-order valence-electron chi connectivity index (χ1n) is 4.58. The Bertz CT molecular complexity index is 337. The predicted molar refractivity (Wildman–Crippen MR) is 63.6 cm³/mol. The van der Waals surface area contributed by atoms with Gasteiger partial charge in [0.15, 0.2) is 0 Å². The predicted octanol–water partition coefficient (Wildman–Crippen LogP) is 2.07. The van der Waals surface area contributed by atoms with Gasteiger partial charge in [-0.25, -0.2) is 0 Å². The number of hydrogen-bond acceptors (Lipinski definition) is 3. The van der Waals surface area contributed by atoms with Gasteiger partial charge in [0.05, 0.1) is 20.7 Å². The minimum atomic E-state index is -1.14. The molecule has 1 aromatic rings. The Morgan fingerprint density at radius 3 is 2.87 bits per heavy atom. The molecule has 0 aliphatic carbocycles. The van der Waals surface area contributed by atoms with Gasteiger partial charge < -0.3 is 10.5 Å². The second kappa shape index (κ2) is 6.10. The minimum Gasteiger partial charge on any atom is -0.398 e. The summed E-state index contributed by atoms with van der Waals surface area (Å²) in [5.74, 6) is 0.516. The van der Waals surface area contributed by atoms with Gasteiger partial charge in [-0.05, 0) is 18.6 Å². The average molecular weight is 248 g/mol. The van der Waals surface area contributed by atoms with Crippen molar-refractivity contribution in [2.75, 3.05) is 25.2 Å². The van der Waals surface area contributed by atoms with Gasteiger partial charge in [-0.1, -0.05) is 17.7 Å². The molecule has 1 atom stereocenters. The van der Waals surface area contributed by atoms with Crippen LogP contribution < -0.4 is 5.73 Å². The van der Waals surface area contributed by atoms with E-state index in [9.17, 15) is 4.21 Å². The Balaban J connectivity index is 2.73. The van der Waals surface area contributed by atoms with Crippen molar-refractivity contribution in [3.8, 4) is 0 Å². The smallest absolute Gasteiger partial charge is 0.0803 e. The maximum absolute atomic E-state index is 11.9. The molecule has 1 unspecified atom stereocenters. The Morgan fingerprint density at radius 1 is 1.53 bits per heavy atom. The molecule has 5 heteroatoms. The zero-order valence-electron chi connectivity index (χ0n) is 8.53. The first-order chi connectivity index (χ1) is 7.16. The van der Waals surface area contributed by atoms with Crippen LogP contribution in [0.3, 0.4) is 0 Å². The summed E-state index contributed by atoms with van der Waals surface area (Å²) in [6, 6.07) is 5.14. The number of methoxy groups -OCH3 is 1. The molecule has 0 aliphatic rings. The van der Waals surface area contributed by atoms with Crippen LogP contribution in [0.25, 0.3) is 0 Å². The number of anilines is 1. The van der Waals surface area contributed by atoms with Crippen LogP contribution >= 0.6 is 11.6 Å². The second-order valence-electron chi connectivity index (χ2n) is 3.05. The summed E-state index contributed by atoms with van der Waals surface area (Å²) in [7, 11) is 0.473. The third-order valence-electron chi connectivity index (χ3n) is 1.90. The maximum Gasteiger partial charge on any atom is 0.0803 e. The number of nitrogen functional groups attached to an aromatic ring is 1. The van der Waals surface area contributed by atoms with Crippen molar-refractivity contribution in [1.82, 2.24) is 0 Å². The lowest BCUT2D eigenvalue weighted by atomic mass is 10.3. The third-order valence-corrected chi connectivity index (χ3v) is 3.90. The topological polar surface area (TPSA) is 52.3 Å². The Kier molecular flexibility index (Phi) is 5.08. The number of hydrogen-bond donors (Lipinski definition) is 1. The second-order valence-corrected chi connectivity index (χ2v) is 4.97. The average Bonchev–Trinajstić information content (AvgIpc) is 2.18. The molecule has 84 valence electrons. The van der Waals surface area contributed by atoms with E-state index in [-0.39, 0.29) is 0 Å². The van der Waals surface area contributed by atoms with Crippen LogP contribution in [0.5, 0.6) is 0 Å².